The summed E-state index contributed by atoms with van der Waals surface area (Å²) in [5, 5.41) is 0. The van der Waals surface area contributed by atoms with Crippen molar-refractivity contribution in [2.75, 3.05) is 13.1 Å². The number of hydrogen-bond donors (Lipinski definition) is 2. The summed E-state index contributed by atoms with van der Waals surface area (Å²) in [5.74, 6) is 0. The second-order valence-electron chi connectivity index (χ2n) is 4.03. The van der Waals surface area contributed by atoms with Gasteiger partial charge in [0.15, 0.2) is 0 Å². The van der Waals surface area contributed by atoms with Gasteiger partial charge in [0.25, 0.3) is 0 Å². The normalized spacial score (nSPS) is 12.2. The van der Waals surface area contributed by atoms with Gasteiger partial charge in [-0.15, -0.1) is 0 Å². The number of rotatable bonds is 7. The largest absolute Gasteiger partial charge is 0.330 e. The summed E-state index contributed by atoms with van der Waals surface area (Å²) >= 11 is 0. The molecule has 0 unspecified atom stereocenters. The van der Waals surface area contributed by atoms with Crippen LogP contribution in [0.3, 0.4) is 0 Å². The molecule has 0 aliphatic heterocycles. The second kappa shape index (κ2) is 8.74. The van der Waals surface area contributed by atoms with E-state index >= 15 is 0 Å². The number of nitrogens with two attached hydrogens (primary N) is 2. The Kier molecular flexibility index (Phi) is 7.03. The fourth-order valence-electron chi connectivity index (χ4n) is 1.67. The zero-order valence-electron chi connectivity index (χ0n) is 10.3. The zero-order valence-corrected chi connectivity index (χ0v) is 10.3. The van der Waals surface area contributed by atoms with E-state index in [1.807, 2.05) is 18.2 Å². The third-order valence-electron chi connectivity index (χ3n) is 2.59. The lowest BCUT2D eigenvalue weighted by atomic mass is 10.1. The van der Waals surface area contributed by atoms with E-state index in [9.17, 15) is 0 Å². The molecule has 0 spiro atoms. The topological polar surface area (TPSA) is 52.0 Å². The third-order valence-corrected chi connectivity index (χ3v) is 2.59. The van der Waals surface area contributed by atoms with Crippen molar-refractivity contribution in [3.05, 3.63) is 53.6 Å². The SMILES string of the molecule is NCCCC(=CC=Cc1ccccc1)CCN. The van der Waals surface area contributed by atoms with Crippen molar-refractivity contribution >= 4 is 6.08 Å². The average molecular weight is 230 g/mol. The predicted octanol–water partition coefficient (Wildman–Crippen LogP) is 2.71. The standard InChI is InChI=1S/C15H22N2/c16-12-5-10-15(11-13-17)9-4-8-14-6-2-1-3-7-14/h1-4,6-9H,5,10-13,16-17H2. The number of hydrogen-bond acceptors (Lipinski definition) is 2. The van der Waals surface area contributed by atoms with Crippen molar-refractivity contribution in [3.8, 4) is 0 Å². The van der Waals surface area contributed by atoms with Gasteiger partial charge in [0.1, 0.15) is 0 Å². The van der Waals surface area contributed by atoms with Gasteiger partial charge >= 0.3 is 0 Å². The maximum Gasteiger partial charge on any atom is -0.00398 e. The molecule has 0 aliphatic rings. The summed E-state index contributed by atoms with van der Waals surface area (Å²) in [7, 11) is 0. The van der Waals surface area contributed by atoms with Gasteiger partial charge < -0.3 is 11.5 Å². The lowest BCUT2D eigenvalue weighted by Crippen LogP contribution is -2.03. The van der Waals surface area contributed by atoms with Crippen LogP contribution < -0.4 is 11.5 Å². The molecule has 0 atom stereocenters. The van der Waals surface area contributed by atoms with Crippen LogP contribution >= 0.6 is 0 Å². The molecule has 1 aromatic carbocycles. The van der Waals surface area contributed by atoms with Crippen LogP contribution in [0.25, 0.3) is 6.08 Å². The van der Waals surface area contributed by atoms with Gasteiger partial charge in [-0.25, -0.2) is 0 Å². The van der Waals surface area contributed by atoms with Crippen LogP contribution in [-0.4, -0.2) is 13.1 Å². The van der Waals surface area contributed by atoms with Crippen molar-refractivity contribution in [1.82, 2.24) is 0 Å². The molecule has 4 N–H and O–H groups in total. The molecule has 1 aromatic rings. The Balaban J connectivity index is 2.55. The molecule has 0 amide bonds. The van der Waals surface area contributed by atoms with Gasteiger partial charge in [-0.3, -0.25) is 0 Å². The van der Waals surface area contributed by atoms with Gasteiger partial charge in [0, 0.05) is 0 Å². The van der Waals surface area contributed by atoms with Crippen LogP contribution in [0.4, 0.5) is 0 Å². The zero-order chi connectivity index (χ0) is 12.3. The summed E-state index contributed by atoms with van der Waals surface area (Å²) in [5.41, 5.74) is 13.7. The fraction of sp³-hybridized carbons (Fsp3) is 0.333. The first-order valence-corrected chi connectivity index (χ1v) is 6.18. The molecular weight excluding hydrogens is 208 g/mol. The molecule has 0 bridgehead atoms. The van der Waals surface area contributed by atoms with Crippen LogP contribution in [-0.2, 0) is 0 Å². The Hall–Kier alpha value is -1.38. The lowest BCUT2D eigenvalue weighted by Gasteiger charge is -2.03. The molecule has 17 heavy (non-hydrogen) atoms. The van der Waals surface area contributed by atoms with E-state index in [-0.39, 0.29) is 0 Å². The first kappa shape index (κ1) is 13.7. The maximum atomic E-state index is 5.59. The smallest absolute Gasteiger partial charge is 0.00398 e. The maximum absolute atomic E-state index is 5.59. The van der Waals surface area contributed by atoms with Crippen molar-refractivity contribution in [1.29, 1.82) is 0 Å². The minimum atomic E-state index is 0.704. The van der Waals surface area contributed by atoms with Gasteiger partial charge in [0.05, 0.1) is 0 Å². The summed E-state index contributed by atoms with van der Waals surface area (Å²) in [6, 6.07) is 10.3. The molecule has 0 heterocycles. The van der Waals surface area contributed by atoms with E-state index in [2.05, 4.69) is 30.4 Å². The van der Waals surface area contributed by atoms with Crippen LogP contribution in [0.5, 0.6) is 0 Å². The minimum absolute atomic E-state index is 0.704. The summed E-state index contributed by atoms with van der Waals surface area (Å²) in [6.45, 7) is 1.44. The van der Waals surface area contributed by atoms with Crippen LogP contribution in [0.1, 0.15) is 24.8 Å². The van der Waals surface area contributed by atoms with Crippen LogP contribution in [0.15, 0.2) is 48.1 Å². The molecule has 0 radical (unpaired) electrons. The van der Waals surface area contributed by atoms with Crippen molar-refractivity contribution in [3.63, 3.8) is 0 Å². The van der Waals surface area contributed by atoms with E-state index in [0.717, 1.165) is 25.8 Å². The van der Waals surface area contributed by atoms with E-state index in [1.54, 1.807) is 0 Å². The lowest BCUT2D eigenvalue weighted by molar-refractivity contribution is 0.779. The van der Waals surface area contributed by atoms with Crippen LogP contribution in [0, 0.1) is 0 Å². The first-order chi connectivity index (χ1) is 8.36. The molecule has 2 nitrogen and oxygen atoms in total. The van der Waals surface area contributed by atoms with E-state index in [1.165, 1.54) is 11.1 Å². The fourth-order valence-corrected chi connectivity index (χ4v) is 1.67. The Morgan fingerprint density at radius 3 is 2.41 bits per heavy atom. The van der Waals surface area contributed by atoms with E-state index < -0.39 is 0 Å². The second-order valence-corrected chi connectivity index (χ2v) is 4.03. The molecule has 92 valence electrons. The molecule has 0 saturated heterocycles. The van der Waals surface area contributed by atoms with Crippen molar-refractivity contribution in [2.24, 2.45) is 11.5 Å². The molecule has 0 fully saturated rings. The Morgan fingerprint density at radius 1 is 1.00 bits per heavy atom. The van der Waals surface area contributed by atoms with E-state index in [0.29, 0.717) is 6.54 Å². The van der Waals surface area contributed by atoms with Crippen molar-refractivity contribution < 1.29 is 0 Å². The molecule has 0 aromatic heterocycles. The molecular formula is C15H22N2. The highest BCUT2D eigenvalue weighted by molar-refractivity contribution is 5.50. The monoisotopic (exact) mass is 230 g/mol. The highest BCUT2D eigenvalue weighted by Gasteiger charge is 1.94. The molecule has 0 saturated carbocycles. The summed E-state index contributed by atoms with van der Waals surface area (Å²) < 4.78 is 0. The molecule has 2 heteroatoms. The third kappa shape index (κ3) is 6.05. The predicted molar refractivity (Wildman–Crippen MR) is 75.5 cm³/mol. The Morgan fingerprint density at radius 2 is 1.76 bits per heavy atom. The van der Waals surface area contributed by atoms with Gasteiger partial charge in [0.2, 0.25) is 0 Å². The van der Waals surface area contributed by atoms with Crippen LogP contribution in [0.2, 0.25) is 0 Å². The Labute approximate surface area is 104 Å². The highest BCUT2D eigenvalue weighted by atomic mass is 14.5. The van der Waals surface area contributed by atoms with Gasteiger partial charge in [-0.2, -0.15) is 0 Å². The number of benzene rings is 1. The quantitative estimate of drug-likeness (QED) is 0.708. The number of allylic oxidation sites excluding steroid dienone is 2. The molecule has 0 aliphatic carbocycles. The van der Waals surface area contributed by atoms with Crippen molar-refractivity contribution in [2.45, 2.75) is 19.3 Å². The van der Waals surface area contributed by atoms with E-state index in [4.69, 9.17) is 11.5 Å². The van der Waals surface area contributed by atoms with Gasteiger partial charge in [-0.05, 0) is 37.9 Å². The highest BCUT2D eigenvalue weighted by Crippen LogP contribution is 2.09. The summed E-state index contributed by atoms with van der Waals surface area (Å²) in [4.78, 5) is 0. The van der Waals surface area contributed by atoms with Gasteiger partial charge in [-0.1, -0.05) is 54.1 Å². The minimum Gasteiger partial charge on any atom is -0.330 e. The Bertz CT molecular complexity index is 352. The summed E-state index contributed by atoms with van der Waals surface area (Å²) in [6.07, 6.45) is 9.41. The first-order valence-electron chi connectivity index (χ1n) is 6.18. The average Bonchev–Trinajstić information content (AvgIpc) is 2.37. The molecule has 1 rings (SSSR count).